The number of unbranched alkanes of at least 4 members (excludes halogenated alkanes) is 1. The molecule has 0 aliphatic carbocycles. The number of benzene rings is 2. The highest BCUT2D eigenvalue weighted by Gasteiger charge is 2.48. The molecular weight excluding hydrogens is 504 g/mol. The van der Waals surface area contributed by atoms with Gasteiger partial charge in [-0.3, -0.25) is 0 Å². The van der Waals surface area contributed by atoms with Crippen molar-refractivity contribution in [2.45, 2.75) is 96.5 Å². The number of hydrogen-bond donors (Lipinski definition) is 0. The third kappa shape index (κ3) is 10.4. The molecule has 0 spiro atoms. The summed E-state index contributed by atoms with van der Waals surface area (Å²) in [5.41, 5.74) is 2.60. The van der Waals surface area contributed by atoms with Crippen LogP contribution < -0.4 is 4.74 Å². The summed E-state index contributed by atoms with van der Waals surface area (Å²) in [7, 11) is -1.08. The van der Waals surface area contributed by atoms with Crippen LogP contribution in [0.5, 0.6) is 5.75 Å². The topological polar surface area (TPSA) is 46.2 Å². The van der Waals surface area contributed by atoms with Crippen LogP contribution in [0.4, 0.5) is 0 Å². The van der Waals surface area contributed by atoms with Gasteiger partial charge in [0, 0.05) is 0 Å². The molecule has 2 rings (SSSR count). The van der Waals surface area contributed by atoms with Gasteiger partial charge < -0.3 is 23.1 Å². The molecule has 0 N–H and O–H groups in total. The van der Waals surface area contributed by atoms with Gasteiger partial charge in [0.2, 0.25) is 0 Å². The van der Waals surface area contributed by atoms with Crippen molar-refractivity contribution in [1.82, 2.24) is 0 Å². The Balaban J connectivity index is 2.26. The Hall–Kier alpha value is -2.22. The predicted molar refractivity (Wildman–Crippen MR) is 163 cm³/mol. The maximum absolute atomic E-state index is 7.04. The standard InChI is InChI=1S/C33H50O5Si/c1-9-12-18-30(10-2)37-39(26(4)5,27(6)7)38-32(11-3)33(36-24-28-16-14-13-15-17-28)25-35-23-29-19-21-31(34-8)22-20-29/h10-11,13-17,19-22,26-27,30,32-33H,2-3,9,12,18,23-25H2,1,4-8H3/t30-,32+,33+/m1/s1. The van der Waals surface area contributed by atoms with Crippen molar-refractivity contribution in [2.24, 2.45) is 0 Å². The largest absolute Gasteiger partial charge is 0.497 e. The number of hydrogen-bond acceptors (Lipinski definition) is 5. The zero-order chi connectivity index (χ0) is 28.7. The Labute approximate surface area is 238 Å². The maximum Gasteiger partial charge on any atom is 0.344 e. The lowest BCUT2D eigenvalue weighted by Crippen LogP contribution is -2.54. The van der Waals surface area contributed by atoms with E-state index in [2.05, 4.69) is 59.9 Å². The van der Waals surface area contributed by atoms with E-state index in [4.69, 9.17) is 23.1 Å². The minimum absolute atomic E-state index is 0.0399. The number of methoxy groups -OCH3 is 1. The van der Waals surface area contributed by atoms with Gasteiger partial charge in [-0.1, -0.05) is 102 Å². The first-order chi connectivity index (χ1) is 18.8. The second kappa shape index (κ2) is 17.5. The van der Waals surface area contributed by atoms with E-state index in [-0.39, 0.29) is 23.3 Å². The molecule has 0 aliphatic heterocycles. The van der Waals surface area contributed by atoms with Crippen LogP contribution in [0.15, 0.2) is 79.9 Å². The second-order valence-electron chi connectivity index (χ2n) is 10.6. The lowest BCUT2D eigenvalue weighted by Gasteiger charge is -2.43. The third-order valence-electron chi connectivity index (χ3n) is 6.99. The molecule has 0 aliphatic rings. The maximum atomic E-state index is 7.04. The molecule has 5 nitrogen and oxygen atoms in total. The first-order valence-electron chi connectivity index (χ1n) is 14.3. The van der Waals surface area contributed by atoms with E-state index in [9.17, 15) is 0 Å². The van der Waals surface area contributed by atoms with Crippen LogP contribution in [0.2, 0.25) is 11.1 Å². The van der Waals surface area contributed by atoms with Crippen LogP contribution >= 0.6 is 0 Å². The van der Waals surface area contributed by atoms with Gasteiger partial charge in [-0.25, -0.2) is 0 Å². The van der Waals surface area contributed by atoms with Crippen LogP contribution in [0.3, 0.4) is 0 Å². The highest BCUT2D eigenvalue weighted by atomic mass is 28.4. The van der Waals surface area contributed by atoms with Gasteiger partial charge in [-0.2, -0.15) is 0 Å². The van der Waals surface area contributed by atoms with E-state index >= 15 is 0 Å². The Bertz CT molecular complexity index is 936. The van der Waals surface area contributed by atoms with Crippen molar-refractivity contribution in [3.8, 4) is 5.75 Å². The summed E-state index contributed by atoms with van der Waals surface area (Å²) >= 11 is 0. The lowest BCUT2D eigenvalue weighted by atomic mass is 10.2. The van der Waals surface area contributed by atoms with Gasteiger partial charge in [-0.15, -0.1) is 13.2 Å². The molecule has 0 radical (unpaired) electrons. The first-order valence-corrected chi connectivity index (χ1v) is 16.2. The summed E-state index contributed by atoms with van der Waals surface area (Å²) < 4.78 is 31.8. The smallest absolute Gasteiger partial charge is 0.344 e. The van der Waals surface area contributed by atoms with Crippen molar-refractivity contribution in [1.29, 1.82) is 0 Å². The number of ether oxygens (including phenoxy) is 3. The normalized spacial score (nSPS) is 14.3. The summed E-state index contributed by atoms with van der Waals surface area (Å²) in [6.07, 6.45) is 6.13. The Morgan fingerprint density at radius 1 is 0.821 bits per heavy atom. The van der Waals surface area contributed by atoms with Gasteiger partial charge in [0.1, 0.15) is 11.9 Å². The quantitative estimate of drug-likeness (QED) is 0.121. The van der Waals surface area contributed by atoms with Gasteiger partial charge in [0.15, 0.2) is 0 Å². The van der Waals surface area contributed by atoms with Crippen LogP contribution in [-0.2, 0) is 31.5 Å². The minimum atomic E-state index is -2.75. The first kappa shape index (κ1) is 33.0. The fourth-order valence-electron chi connectivity index (χ4n) is 4.62. The van der Waals surface area contributed by atoms with Crippen LogP contribution in [-0.4, -0.2) is 40.6 Å². The molecule has 216 valence electrons. The summed E-state index contributed by atoms with van der Waals surface area (Å²) in [6, 6.07) is 18.1. The molecule has 2 aromatic rings. The second-order valence-corrected chi connectivity index (χ2v) is 14.8. The van der Waals surface area contributed by atoms with E-state index in [1.165, 1.54) is 0 Å². The molecule has 39 heavy (non-hydrogen) atoms. The highest BCUT2D eigenvalue weighted by Crippen LogP contribution is 2.38. The summed E-state index contributed by atoms with van der Waals surface area (Å²) in [5, 5.41) is 0. The monoisotopic (exact) mass is 554 g/mol. The van der Waals surface area contributed by atoms with Gasteiger partial charge >= 0.3 is 8.56 Å². The third-order valence-corrected chi connectivity index (χ3v) is 11.5. The van der Waals surface area contributed by atoms with Crippen LogP contribution in [0.25, 0.3) is 0 Å². The van der Waals surface area contributed by atoms with E-state index in [1.54, 1.807) is 7.11 Å². The molecule has 0 unspecified atom stereocenters. The average Bonchev–Trinajstić information content (AvgIpc) is 2.95. The molecule has 0 heterocycles. The zero-order valence-corrected chi connectivity index (χ0v) is 25.9. The fourth-order valence-corrected chi connectivity index (χ4v) is 8.46. The van der Waals surface area contributed by atoms with Crippen molar-refractivity contribution < 1.29 is 23.1 Å². The molecular formula is C33H50O5Si. The van der Waals surface area contributed by atoms with Gasteiger partial charge in [0.05, 0.1) is 39.1 Å². The van der Waals surface area contributed by atoms with E-state index in [0.29, 0.717) is 19.8 Å². The predicted octanol–water partition coefficient (Wildman–Crippen LogP) is 8.39. The Kier molecular flexibility index (Phi) is 14.8. The number of rotatable bonds is 20. The molecule has 0 bridgehead atoms. The van der Waals surface area contributed by atoms with E-state index < -0.39 is 14.7 Å². The fraction of sp³-hybridized carbons (Fsp3) is 0.515. The Morgan fingerprint density at radius 2 is 1.46 bits per heavy atom. The SMILES string of the molecule is C=C[C@H](CCCC)O[Si](O[C@@H](C=C)[C@H](COCc1ccc(OC)cc1)OCc1ccccc1)(C(C)C)C(C)C. The summed E-state index contributed by atoms with van der Waals surface area (Å²) in [4.78, 5) is 0. The highest BCUT2D eigenvalue weighted by molar-refractivity contribution is 6.70. The molecule has 0 fully saturated rings. The van der Waals surface area contributed by atoms with E-state index in [1.807, 2.05) is 54.6 Å². The minimum Gasteiger partial charge on any atom is -0.497 e. The molecule has 3 atom stereocenters. The molecule has 0 aromatic heterocycles. The molecule has 0 amide bonds. The molecule has 0 saturated heterocycles. The van der Waals surface area contributed by atoms with Crippen molar-refractivity contribution in [3.63, 3.8) is 0 Å². The van der Waals surface area contributed by atoms with Crippen molar-refractivity contribution in [3.05, 3.63) is 91.0 Å². The average molecular weight is 555 g/mol. The van der Waals surface area contributed by atoms with Gasteiger partial charge in [-0.05, 0) is 40.8 Å². The molecule has 6 heteroatoms. The van der Waals surface area contributed by atoms with Crippen LogP contribution in [0.1, 0.15) is 65.0 Å². The zero-order valence-electron chi connectivity index (χ0n) is 24.9. The molecule has 0 saturated carbocycles. The van der Waals surface area contributed by atoms with Crippen molar-refractivity contribution >= 4 is 8.56 Å². The van der Waals surface area contributed by atoms with Gasteiger partial charge in [0.25, 0.3) is 0 Å². The van der Waals surface area contributed by atoms with Crippen molar-refractivity contribution in [2.75, 3.05) is 13.7 Å². The van der Waals surface area contributed by atoms with E-state index in [0.717, 1.165) is 36.1 Å². The Morgan fingerprint density at radius 3 is 2.00 bits per heavy atom. The summed E-state index contributed by atoms with van der Waals surface area (Å²) in [5.74, 6) is 0.823. The summed E-state index contributed by atoms with van der Waals surface area (Å²) in [6.45, 7) is 20.5. The molecule has 2 aromatic carbocycles. The lowest BCUT2D eigenvalue weighted by molar-refractivity contribution is -0.0788. The van der Waals surface area contributed by atoms with Crippen LogP contribution in [0, 0.1) is 0 Å².